The van der Waals surface area contributed by atoms with Crippen molar-refractivity contribution in [3.63, 3.8) is 0 Å². The Bertz CT molecular complexity index is 586. The molecule has 4 rings (SSSR count). The number of aliphatic imine (C=N–C) groups is 1. The molecular weight excluding hydrogens is 296 g/mol. The molecule has 0 aromatic heterocycles. The standard InChI is InChI=1S/C17H20N2O4/c20-13-19-16-6-8-17(9-7-16,23-12-16)11-18-15(21)22-10-14-4-2-1-3-5-14/h1-5H,6-12H2,(H,18,21). The molecular formula is C17H20N2O4. The molecule has 3 aliphatic rings. The van der Waals surface area contributed by atoms with Crippen LogP contribution in [0, 0.1) is 0 Å². The van der Waals surface area contributed by atoms with Gasteiger partial charge in [0.2, 0.25) is 6.08 Å². The number of ether oxygens (including phenoxy) is 2. The van der Waals surface area contributed by atoms with Gasteiger partial charge in [0.15, 0.2) is 0 Å². The number of benzene rings is 1. The van der Waals surface area contributed by atoms with Gasteiger partial charge in [0.1, 0.15) is 6.61 Å². The summed E-state index contributed by atoms with van der Waals surface area (Å²) < 4.78 is 11.1. The SMILES string of the molecule is O=C=NC12CCC(CNC(=O)OCc3ccccc3)(CC1)OC2. The fraction of sp³-hybridized carbons (Fsp3) is 0.529. The number of rotatable bonds is 5. The van der Waals surface area contributed by atoms with Gasteiger partial charge in [0.25, 0.3) is 0 Å². The lowest BCUT2D eigenvalue weighted by atomic mass is 9.71. The van der Waals surface area contributed by atoms with Crippen molar-refractivity contribution < 1.29 is 19.1 Å². The Labute approximate surface area is 134 Å². The number of alkyl carbamates (subject to hydrolysis) is 1. The highest BCUT2D eigenvalue weighted by Gasteiger charge is 2.50. The summed E-state index contributed by atoms with van der Waals surface area (Å²) in [5, 5.41) is 2.79. The maximum absolute atomic E-state index is 11.8. The number of carbonyl (C=O) groups excluding carboxylic acids is 2. The monoisotopic (exact) mass is 316 g/mol. The van der Waals surface area contributed by atoms with Crippen LogP contribution in [0.25, 0.3) is 0 Å². The first-order chi connectivity index (χ1) is 11.2. The van der Waals surface area contributed by atoms with E-state index in [2.05, 4.69) is 10.3 Å². The molecule has 1 aliphatic carbocycles. The Morgan fingerprint density at radius 1 is 1.26 bits per heavy atom. The molecule has 2 saturated heterocycles. The lowest BCUT2D eigenvalue weighted by Crippen LogP contribution is -2.58. The van der Waals surface area contributed by atoms with Gasteiger partial charge in [0, 0.05) is 6.54 Å². The molecule has 23 heavy (non-hydrogen) atoms. The molecule has 0 spiro atoms. The zero-order valence-corrected chi connectivity index (χ0v) is 12.9. The van der Waals surface area contributed by atoms with Crippen LogP contribution in [0.3, 0.4) is 0 Å². The van der Waals surface area contributed by atoms with E-state index in [1.54, 1.807) is 6.08 Å². The van der Waals surface area contributed by atoms with Crippen molar-refractivity contribution in [3.8, 4) is 0 Å². The molecule has 2 bridgehead atoms. The highest BCUT2D eigenvalue weighted by molar-refractivity contribution is 5.67. The number of isocyanates is 1. The van der Waals surface area contributed by atoms with Gasteiger partial charge in [-0.2, -0.15) is 4.99 Å². The molecule has 0 radical (unpaired) electrons. The minimum Gasteiger partial charge on any atom is -0.445 e. The van der Waals surface area contributed by atoms with E-state index < -0.39 is 11.6 Å². The van der Waals surface area contributed by atoms with E-state index in [0.717, 1.165) is 31.2 Å². The second kappa shape index (κ2) is 6.52. The minimum absolute atomic E-state index is 0.248. The predicted molar refractivity (Wildman–Crippen MR) is 82.6 cm³/mol. The third-order valence-corrected chi connectivity index (χ3v) is 4.79. The molecule has 1 N–H and O–H groups in total. The van der Waals surface area contributed by atoms with E-state index in [0.29, 0.717) is 13.2 Å². The number of hydrogen-bond donors (Lipinski definition) is 1. The van der Waals surface area contributed by atoms with Crippen LogP contribution in [0.1, 0.15) is 31.2 Å². The highest BCUT2D eigenvalue weighted by Crippen LogP contribution is 2.45. The summed E-state index contributed by atoms with van der Waals surface area (Å²) in [6.45, 7) is 1.09. The summed E-state index contributed by atoms with van der Waals surface area (Å²) in [6.07, 6.45) is 4.35. The number of nitrogens with zero attached hydrogens (tertiary/aromatic N) is 1. The Morgan fingerprint density at radius 2 is 2.00 bits per heavy atom. The predicted octanol–water partition coefficient (Wildman–Crippen LogP) is 2.33. The molecule has 6 nitrogen and oxygen atoms in total. The number of carbonyl (C=O) groups is 1. The molecule has 122 valence electrons. The number of fused-ring (bicyclic) bond motifs is 3. The fourth-order valence-electron chi connectivity index (χ4n) is 3.22. The van der Waals surface area contributed by atoms with Crippen LogP contribution in [-0.4, -0.2) is 36.5 Å². The van der Waals surface area contributed by atoms with Gasteiger partial charge >= 0.3 is 6.09 Å². The third kappa shape index (κ3) is 3.60. The van der Waals surface area contributed by atoms with Crippen molar-refractivity contribution in [1.82, 2.24) is 5.32 Å². The number of nitrogens with one attached hydrogen (secondary N) is 1. The smallest absolute Gasteiger partial charge is 0.407 e. The lowest BCUT2D eigenvalue weighted by Gasteiger charge is -2.50. The molecule has 1 aromatic rings. The lowest BCUT2D eigenvalue weighted by molar-refractivity contribution is -0.148. The van der Waals surface area contributed by atoms with Crippen molar-refractivity contribution in [3.05, 3.63) is 35.9 Å². The number of amides is 1. The van der Waals surface area contributed by atoms with Crippen molar-refractivity contribution in [1.29, 1.82) is 0 Å². The van der Waals surface area contributed by atoms with E-state index in [9.17, 15) is 9.59 Å². The molecule has 2 aliphatic heterocycles. The first kappa shape index (κ1) is 15.7. The maximum Gasteiger partial charge on any atom is 0.407 e. The van der Waals surface area contributed by atoms with Crippen LogP contribution in [-0.2, 0) is 20.9 Å². The zero-order chi connectivity index (χ0) is 16.2. The highest BCUT2D eigenvalue weighted by atomic mass is 16.5. The van der Waals surface area contributed by atoms with Crippen LogP contribution < -0.4 is 5.32 Å². The summed E-state index contributed by atoms with van der Waals surface area (Å²) in [5.41, 5.74) is 0.201. The molecule has 3 fully saturated rings. The van der Waals surface area contributed by atoms with Gasteiger partial charge in [-0.1, -0.05) is 30.3 Å². The molecule has 6 heteroatoms. The molecule has 1 saturated carbocycles. The molecule has 0 unspecified atom stereocenters. The van der Waals surface area contributed by atoms with Gasteiger partial charge in [0.05, 0.1) is 17.7 Å². The number of hydrogen-bond acceptors (Lipinski definition) is 5. The van der Waals surface area contributed by atoms with Gasteiger partial charge in [-0.25, -0.2) is 9.59 Å². The fourth-order valence-corrected chi connectivity index (χ4v) is 3.22. The van der Waals surface area contributed by atoms with E-state index in [4.69, 9.17) is 9.47 Å². The van der Waals surface area contributed by atoms with Crippen molar-refractivity contribution in [2.45, 2.75) is 43.4 Å². The van der Waals surface area contributed by atoms with E-state index in [-0.39, 0.29) is 12.2 Å². The first-order valence-electron chi connectivity index (χ1n) is 7.83. The van der Waals surface area contributed by atoms with Gasteiger partial charge in [-0.15, -0.1) is 0 Å². The Balaban J connectivity index is 1.46. The van der Waals surface area contributed by atoms with Crippen molar-refractivity contribution >= 4 is 12.2 Å². The summed E-state index contributed by atoms with van der Waals surface area (Å²) in [6, 6.07) is 9.54. The third-order valence-electron chi connectivity index (χ3n) is 4.79. The average Bonchev–Trinajstić information content (AvgIpc) is 2.61. The first-order valence-corrected chi connectivity index (χ1v) is 7.83. The van der Waals surface area contributed by atoms with E-state index in [1.807, 2.05) is 30.3 Å². The van der Waals surface area contributed by atoms with Gasteiger partial charge in [-0.05, 0) is 31.2 Å². The summed E-state index contributed by atoms with van der Waals surface area (Å²) in [7, 11) is 0. The van der Waals surface area contributed by atoms with Crippen LogP contribution in [0.4, 0.5) is 4.79 Å². The van der Waals surface area contributed by atoms with Crippen LogP contribution >= 0.6 is 0 Å². The van der Waals surface area contributed by atoms with E-state index >= 15 is 0 Å². The van der Waals surface area contributed by atoms with E-state index in [1.165, 1.54) is 0 Å². The van der Waals surface area contributed by atoms with Crippen molar-refractivity contribution in [2.75, 3.05) is 13.2 Å². The van der Waals surface area contributed by atoms with Crippen LogP contribution in [0.2, 0.25) is 0 Å². The zero-order valence-electron chi connectivity index (χ0n) is 12.9. The quantitative estimate of drug-likeness (QED) is 0.668. The Hall–Kier alpha value is -2.17. The average molecular weight is 316 g/mol. The maximum atomic E-state index is 11.8. The van der Waals surface area contributed by atoms with Crippen LogP contribution in [0.5, 0.6) is 0 Å². The van der Waals surface area contributed by atoms with Crippen LogP contribution in [0.15, 0.2) is 35.3 Å². The minimum atomic E-state index is -0.444. The second-order valence-corrected chi connectivity index (χ2v) is 6.31. The van der Waals surface area contributed by atoms with Gasteiger partial charge < -0.3 is 14.8 Å². The topological polar surface area (TPSA) is 77.0 Å². The normalized spacial score (nSPS) is 28.7. The molecule has 1 aromatic carbocycles. The Morgan fingerprint density at radius 3 is 2.61 bits per heavy atom. The summed E-state index contributed by atoms with van der Waals surface area (Å²) >= 11 is 0. The summed E-state index contributed by atoms with van der Waals surface area (Å²) in [4.78, 5) is 26.3. The Kier molecular flexibility index (Phi) is 4.46. The largest absolute Gasteiger partial charge is 0.445 e. The summed E-state index contributed by atoms with van der Waals surface area (Å²) in [5.74, 6) is 0. The molecule has 1 amide bonds. The van der Waals surface area contributed by atoms with Gasteiger partial charge in [-0.3, -0.25) is 0 Å². The van der Waals surface area contributed by atoms with Crippen molar-refractivity contribution in [2.24, 2.45) is 4.99 Å². The second-order valence-electron chi connectivity index (χ2n) is 6.31. The molecule has 2 heterocycles. The molecule has 0 atom stereocenters.